The molecule has 3 aromatic rings. The Morgan fingerprint density at radius 1 is 1.19 bits per heavy atom. The molecule has 0 radical (unpaired) electrons. The number of amides is 1. The normalized spacial score (nSPS) is 11.6. The van der Waals surface area contributed by atoms with Crippen molar-refractivity contribution in [3.63, 3.8) is 0 Å². The highest BCUT2D eigenvalue weighted by atomic mass is 32.2. The van der Waals surface area contributed by atoms with Gasteiger partial charge >= 0.3 is 5.97 Å². The molecule has 0 aliphatic heterocycles. The number of rotatable bonds is 8. The second kappa shape index (κ2) is 9.39. The van der Waals surface area contributed by atoms with Crippen LogP contribution < -0.4 is 24.6 Å². The number of carboxylic acid groups (broad SMARTS) is 1. The summed E-state index contributed by atoms with van der Waals surface area (Å²) in [4.78, 5) is 23.8. The first-order valence-corrected chi connectivity index (χ1v) is 9.84. The molecule has 2 N–H and O–H groups in total. The molecule has 1 heterocycles. The van der Waals surface area contributed by atoms with E-state index in [0.29, 0.717) is 17.1 Å². The highest BCUT2D eigenvalue weighted by Gasteiger charge is 2.27. The summed E-state index contributed by atoms with van der Waals surface area (Å²) >= 11 is 0.973. The molecular formula is C20H19N3O7S. The number of carboxylic acids is 1. The van der Waals surface area contributed by atoms with Gasteiger partial charge in [-0.3, -0.25) is 4.79 Å². The van der Waals surface area contributed by atoms with Gasteiger partial charge in [0.1, 0.15) is 11.5 Å². The van der Waals surface area contributed by atoms with Crippen LogP contribution in [0.25, 0.3) is 5.69 Å². The van der Waals surface area contributed by atoms with Crippen LogP contribution in [-0.2, 0) is 4.79 Å². The molecule has 3 rings (SSSR count). The smallest absolute Gasteiger partial charge is 0.335 e. The molecular weight excluding hydrogens is 426 g/mol. The number of benzene rings is 2. The van der Waals surface area contributed by atoms with E-state index in [0.717, 1.165) is 11.8 Å². The van der Waals surface area contributed by atoms with E-state index in [9.17, 15) is 14.7 Å². The first kappa shape index (κ1) is 22.0. The van der Waals surface area contributed by atoms with Gasteiger partial charge in [-0.1, -0.05) is 0 Å². The number of carbonyl (C=O) groups is 2. The van der Waals surface area contributed by atoms with Crippen LogP contribution in [0.5, 0.6) is 17.4 Å². The van der Waals surface area contributed by atoms with Gasteiger partial charge in [-0.05, 0) is 53.7 Å². The zero-order valence-corrected chi connectivity index (χ0v) is 17.6. The molecule has 1 unspecified atom stereocenters. The van der Waals surface area contributed by atoms with Crippen LogP contribution in [0.4, 0.5) is 5.69 Å². The quantitative estimate of drug-likeness (QED) is 0.393. The van der Waals surface area contributed by atoms with E-state index >= 15 is 0 Å². The highest BCUT2D eigenvalue weighted by Crippen LogP contribution is 2.30. The summed E-state index contributed by atoms with van der Waals surface area (Å²) in [6.45, 7) is 1.61. The molecule has 0 spiro atoms. The minimum absolute atomic E-state index is 0.0262. The lowest BCUT2D eigenvalue weighted by Gasteiger charge is -2.13. The summed E-state index contributed by atoms with van der Waals surface area (Å²) in [6, 6.07) is 10.9. The largest absolute Gasteiger partial charge is 0.538 e. The molecule has 11 heteroatoms. The Morgan fingerprint density at radius 2 is 1.90 bits per heavy atom. The first-order valence-electron chi connectivity index (χ1n) is 8.96. The van der Waals surface area contributed by atoms with Gasteiger partial charge in [-0.15, -0.1) is 0 Å². The average Bonchev–Trinajstić information content (AvgIpc) is 3.13. The Morgan fingerprint density at radius 3 is 2.52 bits per heavy atom. The first-order chi connectivity index (χ1) is 14.8. The molecule has 0 bridgehead atoms. The highest BCUT2D eigenvalue weighted by molar-refractivity contribution is 8.00. The summed E-state index contributed by atoms with van der Waals surface area (Å²) in [5.41, 5.74) is 0.895. The van der Waals surface area contributed by atoms with Crippen LogP contribution in [0.1, 0.15) is 17.3 Å². The molecule has 0 aliphatic carbocycles. The molecule has 10 nitrogen and oxygen atoms in total. The minimum atomic E-state index is -1.11. The predicted octanol–water partition coefficient (Wildman–Crippen LogP) is 1.86. The Bertz CT molecular complexity index is 1100. The lowest BCUT2D eigenvalue weighted by atomic mass is 10.2. The van der Waals surface area contributed by atoms with Crippen LogP contribution in [0.15, 0.2) is 52.0 Å². The minimum Gasteiger partial charge on any atom is -0.538 e. The summed E-state index contributed by atoms with van der Waals surface area (Å²) in [6.07, 6.45) is 0. The third kappa shape index (κ3) is 4.89. The van der Waals surface area contributed by atoms with Crippen molar-refractivity contribution in [3.05, 3.63) is 48.0 Å². The van der Waals surface area contributed by atoms with Crippen LogP contribution in [0.2, 0.25) is 0 Å². The van der Waals surface area contributed by atoms with Crippen molar-refractivity contribution in [2.75, 3.05) is 19.5 Å². The molecule has 1 amide bonds. The molecule has 2 aromatic carbocycles. The number of ether oxygens (including phenoxy) is 2. The van der Waals surface area contributed by atoms with Crippen molar-refractivity contribution in [1.82, 2.24) is 5.27 Å². The Balaban J connectivity index is 1.77. The standard InChI is InChI=1S/C20H19N3O7S/c1-11(17(24)21-15-9-4-12(19(25)26)10-16(15)29-3)31-18-20(27)30-22-23(18)13-5-7-14(28-2)8-6-13/h4-11H,1-3H3,(H2-,21,22,24,25,26,27). The van der Waals surface area contributed by atoms with Crippen LogP contribution in [0.3, 0.4) is 0 Å². The van der Waals surface area contributed by atoms with Crippen molar-refractivity contribution in [3.8, 4) is 23.1 Å². The van der Waals surface area contributed by atoms with Crippen LogP contribution in [0, 0.1) is 0 Å². The van der Waals surface area contributed by atoms with Gasteiger partial charge in [-0.25, -0.2) is 4.79 Å². The summed E-state index contributed by atoms with van der Waals surface area (Å²) in [7, 11) is 2.91. The number of aromatic nitrogens is 2. The number of hydrogen-bond acceptors (Lipinski definition) is 8. The second-order valence-corrected chi connectivity index (χ2v) is 7.57. The molecule has 0 aliphatic rings. The molecule has 162 valence electrons. The maximum atomic E-state index is 12.7. The number of carbonyl (C=O) groups excluding carboxylic acids is 1. The van der Waals surface area contributed by atoms with E-state index in [2.05, 4.69) is 10.6 Å². The fraction of sp³-hybridized carbons (Fsp3) is 0.200. The average molecular weight is 445 g/mol. The van der Waals surface area contributed by atoms with E-state index in [1.54, 1.807) is 38.3 Å². The fourth-order valence-corrected chi connectivity index (χ4v) is 3.48. The van der Waals surface area contributed by atoms with Gasteiger partial charge in [0.05, 0.1) is 36.0 Å². The summed E-state index contributed by atoms with van der Waals surface area (Å²) in [5, 5.41) is 27.1. The number of thioether (sulfide) groups is 1. The van der Waals surface area contributed by atoms with Crippen molar-refractivity contribution >= 4 is 29.3 Å². The summed E-state index contributed by atoms with van der Waals surface area (Å²) < 4.78 is 16.4. The lowest BCUT2D eigenvalue weighted by molar-refractivity contribution is -0.705. The fourth-order valence-electron chi connectivity index (χ4n) is 2.61. The Labute approximate surface area is 181 Å². The second-order valence-electron chi connectivity index (χ2n) is 6.24. The van der Waals surface area contributed by atoms with Gasteiger partial charge in [0, 0.05) is 12.1 Å². The Hall–Kier alpha value is -3.73. The van der Waals surface area contributed by atoms with Gasteiger partial charge in [0.15, 0.2) is 5.95 Å². The summed E-state index contributed by atoms with van der Waals surface area (Å²) in [5.74, 6) is -1.37. The zero-order chi connectivity index (χ0) is 22.5. The Kier molecular flexibility index (Phi) is 6.65. The number of methoxy groups -OCH3 is 2. The van der Waals surface area contributed by atoms with Gasteiger partial charge in [-0.2, -0.15) is 0 Å². The van der Waals surface area contributed by atoms with Crippen molar-refractivity contribution < 1.29 is 38.5 Å². The number of nitrogens with one attached hydrogen (secondary N) is 1. The van der Waals surface area contributed by atoms with Crippen LogP contribution >= 0.6 is 11.8 Å². The molecule has 1 atom stereocenters. The van der Waals surface area contributed by atoms with Crippen LogP contribution in [-0.4, -0.2) is 41.7 Å². The molecule has 0 saturated carbocycles. The maximum absolute atomic E-state index is 12.7. The number of nitrogens with zero attached hydrogens (tertiary/aromatic N) is 2. The number of hydrogen-bond donors (Lipinski definition) is 2. The molecule has 0 fully saturated rings. The van der Waals surface area contributed by atoms with E-state index in [-0.39, 0.29) is 16.3 Å². The van der Waals surface area contributed by atoms with Crippen molar-refractivity contribution in [2.45, 2.75) is 17.2 Å². The number of aromatic carboxylic acids is 1. The van der Waals surface area contributed by atoms with Gasteiger partial charge < -0.3 is 29.5 Å². The predicted molar refractivity (Wildman–Crippen MR) is 108 cm³/mol. The van der Waals surface area contributed by atoms with Gasteiger partial charge in [0.2, 0.25) is 11.6 Å². The molecule has 1 aromatic heterocycles. The lowest BCUT2D eigenvalue weighted by Crippen LogP contribution is -2.36. The van der Waals surface area contributed by atoms with Gasteiger partial charge in [0.25, 0.3) is 5.03 Å². The van der Waals surface area contributed by atoms with E-state index < -0.39 is 23.1 Å². The van der Waals surface area contributed by atoms with Crippen molar-refractivity contribution in [1.29, 1.82) is 0 Å². The van der Waals surface area contributed by atoms with Crippen molar-refractivity contribution in [2.24, 2.45) is 0 Å². The topological polar surface area (TPSA) is 138 Å². The number of anilines is 1. The molecule has 0 saturated heterocycles. The van der Waals surface area contributed by atoms with E-state index in [1.165, 1.54) is 30.0 Å². The molecule has 31 heavy (non-hydrogen) atoms. The van der Waals surface area contributed by atoms with E-state index in [4.69, 9.17) is 19.1 Å². The SMILES string of the molecule is COc1ccc(-[n+]2noc([O-])c2SC(C)C(=O)Nc2ccc(C(=O)O)cc2OC)cc1. The maximum Gasteiger partial charge on any atom is 0.335 e. The third-order valence-electron chi connectivity index (χ3n) is 4.25. The zero-order valence-electron chi connectivity index (χ0n) is 16.8. The van der Waals surface area contributed by atoms with E-state index in [1.807, 2.05) is 0 Å². The third-order valence-corrected chi connectivity index (χ3v) is 5.38. The monoisotopic (exact) mass is 445 g/mol.